The first-order chi connectivity index (χ1) is 13.7. The van der Waals surface area contributed by atoms with Gasteiger partial charge in [-0.1, -0.05) is 17.3 Å². The summed E-state index contributed by atoms with van der Waals surface area (Å²) < 4.78 is 15.8. The molecule has 1 amide bonds. The molecule has 0 spiro atoms. The van der Waals surface area contributed by atoms with Gasteiger partial charge < -0.3 is 19.3 Å². The average molecular weight is 381 g/mol. The van der Waals surface area contributed by atoms with Crippen molar-refractivity contribution < 1.29 is 18.8 Å². The summed E-state index contributed by atoms with van der Waals surface area (Å²) in [6.45, 7) is 3.04. The van der Waals surface area contributed by atoms with Gasteiger partial charge >= 0.3 is 0 Å². The molecule has 0 fully saturated rings. The zero-order valence-corrected chi connectivity index (χ0v) is 16.0. The number of benzene rings is 2. The molecule has 7 nitrogen and oxygen atoms in total. The molecule has 28 heavy (non-hydrogen) atoms. The van der Waals surface area contributed by atoms with Crippen LogP contribution in [0.1, 0.15) is 24.8 Å². The number of rotatable bonds is 9. The lowest BCUT2D eigenvalue weighted by Gasteiger charge is -2.06. The van der Waals surface area contributed by atoms with Crippen molar-refractivity contribution in [1.82, 2.24) is 15.5 Å². The van der Waals surface area contributed by atoms with Gasteiger partial charge in [-0.2, -0.15) is 4.98 Å². The predicted molar refractivity (Wildman–Crippen MR) is 104 cm³/mol. The number of hydrogen-bond acceptors (Lipinski definition) is 6. The van der Waals surface area contributed by atoms with E-state index in [0.29, 0.717) is 31.3 Å². The molecule has 0 aliphatic carbocycles. The third kappa shape index (κ3) is 5.33. The predicted octanol–water partition coefficient (Wildman–Crippen LogP) is 3.39. The van der Waals surface area contributed by atoms with Crippen LogP contribution in [0.2, 0.25) is 0 Å². The summed E-state index contributed by atoms with van der Waals surface area (Å²) in [5.41, 5.74) is 1.84. The highest BCUT2D eigenvalue weighted by Crippen LogP contribution is 2.20. The van der Waals surface area contributed by atoms with Crippen LogP contribution in [0.25, 0.3) is 11.4 Å². The fraction of sp³-hybridized carbons (Fsp3) is 0.286. The highest BCUT2D eigenvalue weighted by Gasteiger charge is 2.11. The normalized spacial score (nSPS) is 10.5. The monoisotopic (exact) mass is 381 g/mol. The number of aryl methyl sites for hydroxylation is 1. The molecule has 0 saturated heterocycles. The van der Waals surface area contributed by atoms with E-state index in [2.05, 4.69) is 15.5 Å². The van der Waals surface area contributed by atoms with Crippen LogP contribution >= 0.6 is 0 Å². The minimum atomic E-state index is -0.0712. The number of nitrogens with one attached hydrogen (secondary N) is 1. The van der Waals surface area contributed by atoms with E-state index in [0.717, 1.165) is 22.6 Å². The molecule has 1 aromatic heterocycles. The van der Waals surface area contributed by atoms with E-state index < -0.39 is 0 Å². The number of amides is 1. The average Bonchev–Trinajstić information content (AvgIpc) is 3.21. The molecule has 146 valence electrons. The Labute approximate surface area is 163 Å². The highest BCUT2D eigenvalue weighted by atomic mass is 16.5. The van der Waals surface area contributed by atoms with E-state index in [4.69, 9.17) is 14.0 Å². The minimum absolute atomic E-state index is 0.0712. The van der Waals surface area contributed by atoms with Gasteiger partial charge in [0.25, 0.3) is 0 Å². The summed E-state index contributed by atoms with van der Waals surface area (Å²) >= 11 is 0. The van der Waals surface area contributed by atoms with Crippen LogP contribution in [0, 0.1) is 0 Å². The summed E-state index contributed by atoms with van der Waals surface area (Å²) in [5.74, 6) is 2.44. The first-order valence-corrected chi connectivity index (χ1v) is 9.13. The summed E-state index contributed by atoms with van der Waals surface area (Å²) in [6, 6.07) is 15.0. The Morgan fingerprint density at radius 1 is 1.07 bits per heavy atom. The van der Waals surface area contributed by atoms with Crippen molar-refractivity contribution in [3.63, 3.8) is 0 Å². The minimum Gasteiger partial charge on any atom is -0.497 e. The van der Waals surface area contributed by atoms with Gasteiger partial charge in [0.05, 0.1) is 13.7 Å². The number of nitrogens with zero attached hydrogens (tertiary/aromatic N) is 2. The summed E-state index contributed by atoms with van der Waals surface area (Å²) in [5, 5.41) is 6.85. The molecule has 0 aliphatic heterocycles. The first-order valence-electron chi connectivity index (χ1n) is 9.13. The van der Waals surface area contributed by atoms with Crippen molar-refractivity contribution in [3.05, 3.63) is 60.0 Å². The van der Waals surface area contributed by atoms with E-state index in [-0.39, 0.29) is 12.3 Å². The molecule has 0 radical (unpaired) electrons. The lowest BCUT2D eigenvalue weighted by atomic mass is 10.2. The molecular formula is C21H23N3O4. The molecule has 3 rings (SSSR count). The quantitative estimate of drug-likeness (QED) is 0.611. The molecule has 1 heterocycles. The molecule has 0 atom stereocenters. The van der Waals surface area contributed by atoms with E-state index in [9.17, 15) is 4.79 Å². The van der Waals surface area contributed by atoms with Crippen molar-refractivity contribution in [3.8, 4) is 22.9 Å². The summed E-state index contributed by atoms with van der Waals surface area (Å²) in [4.78, 5) is 16.4. The Bertz CT molecular complexity index is 889. The van der Waals surface area contributed by atoms with Gasteiger partial charge in [0.2, 0.25) is 17.6 Å². The number of methoxy groups -OCH3 is 1. The van der Waals surface area contributed by atoms with E-state index in [1.165, 1.54) is 0 Å². The van der Waals surface area contributed by atoms with E-state index in [1.54, 1.807) is 7.11 Å². The number of carbonyl (C=O) groups excluding carboxylic acids is 1. The van der Waals surface area contributed by atoms with Gasteiger partial charge in [-0.3, -0.25) is 4.79 Å². The maximum absolute atomic E-state index is 12.1. The number of hydrogen-bond donors (Lipinski definition) is 1. The van der Waals surface area contributed by atoms with Gasteiger partial charge in [0, 0.05) is 24.9 Å². The zero-order valence-electron chi connectivity index (χ0n) is 16.0. The van der Waals surface area contributed by atoms with Gasteiger partial charge in [0.15, 0.2) is 0 Å². The van der Waals surface area contributed by atoms with Gasteiger partial charge in [-0.15, -0.1) is 0 Å². The van der Waals surface area contributed by atoms with Gasteiger partial charge in [0.1, 0.15) is 11.5 Å². The fourth-order valence-electron chi connectivity index (χ4n) is 2.59. The molecular weight excluding hydrogens is 358 g/mol. The Morgan fingerprint density at radius 2 is 1.79 bits per heavy atom. The first kappa shape index (κ1) is 19.4. The second kappa shape index (κ2) is 9.55. The van der Waals surface area contributed by atoms with Crippen molar-refractivity contribution in [2.24, 2.45) is 0 Å². The molecule has 0 aliphatic rings. The van der Waals surface area contributed by atoms with Crippen LogP contribution < -0.4 is 14.8 Å². The Morgan fingerprint density at radius 3 is 2.46 bits per heavy atom. The second-order valence-corrected chi connectivity index (χ2v) is 6.09. The Balaban J connectivity index is 1.46. The number of aromatic nitrogens is 2. The van der Waals surface area contributed by atoms with Crippen molar-refractivity contribution in [2.75, 3.05) is 13.7 Å². The molecule has 1 N–H and O–H groups in total. The summed E-state index contributed by atoms with van der Waals surface area (Å²) in [6.07, 6.45) is 0.666. The third-order valence-corrected chi connectivity index (χ3v) is 4.11. The van der Waals surface area contributed by atoms with Crippen LogP contribution in [0.4, 0.5) is 0 Å². The van der Waals surface area contributed by atoms with Gasteiger partial charge in [-0.25, -0.2) is 0 Å². The van der Waals surface area contributed by atoms with Crippen LogP contribution in [0.15, 0.2) is 53.1 Å². The van der Waals surface area contributed by atoms with Crippen molar-refractivity contribution in [1.29, 1.82) is 0 Å². The van der Waals surface area contributed by atoms with Crippen LogP contribution in [-0.4, -0.2) is 29.8 Å². The molecule has 0 bridgehead atoms. The largest absolute Gasteiger partial charge is 0.497 e. The standard InChI is InChI=1S/C21H23N3O4/c1-3-27-18-8-4-15(5-9-18)14-22-19(25)12-13-20-23-21(24-28-20)16-6-10-17(26-2)11-7-16/h4-11H,3,12-14H2,1-2H3,(H,22,25). The lowest BCUT2D eigenvalue weighted by molar-refractivity contribution is -0.121. The van der Waals surface area contributed by atoms with Crippen LogP contribution in [0.5, 0.6) is 11.5 Å². The molecule has 7 heteroatoms. The number of carbonyl (C=O) groups is 1. The maximum atomic E-state index is 12.1. The molecule has 0 saturated carbocycles. The molecule has 0 unspecified atom stereocenters. The number of ether oxygens (including phenoxy) is 2. The zero-order chi connectivity index (χ0) is 19.8. The maximum Gasteiger partial charge on any atom is 0.227 e. The third-order valence-electron chi connectivity index (χ3n) is 4.11. The van der Waals surface area contributed by atoms with Gasteiger partial charge in [-0.05, 0) is 48.9 Å². The Hall–Kier alpha value is -3.35. The topological polar surface area (TPSA) is 86.5 Å². The van der Waals surface area contributed by atoms with Crippen molar-refractivity contribution >= 4 is 5.91 Å². The van der Waals surface area contributed by atoms with Crippen LogP contribution in [0.3, 0.4) is 0 Å². The van der Waals surface area contributed by atoms with E-state index in [1.807, 2.05) is 55.5 Å². The van der Waals surface area contributed by atoms with Crippen LogP contribution in [-0.2, 0) is 17.8 Å². The fourth-order valence-corrected chi connectivity index (χ4v) is 2.59. The molecule has 3 aromatic rings. The Kier molecular flexibility index (Phi) is 6.62. The molecule has 2 aromatic carbocycles. The van der Waals surface area contributed by atoms with Crippen molar-refractivity contribution in [2.45, 2.75) is 26.3 Å². The lowest BCUT2D eigenvalue weighted by Crippen LogP contribution is -2.23. The summed E-state index contributed by atoms with van der Waals surface area (Å²) in [7, 11) is 1.61. The van der Waals surface area contributed by atoms with E-state index >= 15 is 0 Å². The SMILES string of the molecule is CCOc1ccc(CNC(=O)CCc2nc(-c3ccc(OC)cc3)no2)cc1. The smallest absolute Gasteiger partial charge is 0.227 e. The second-order valence-electron chi connectivity index (χ2n) is 6.09. The highest BCUT2D eigenvalue weighted by molar-refractivity contribution is 5.76.